The van der Waals surface area contributed by atoms with Crippen molar-refractivity contribution in [3.63, 3.8) is 0 Å². The molecule has 0 saturated heterocycles. The maximum Gasteiger partial charge on any atom is 0.559 e. The molecule has 1 rings (SSSR count). The minimum Gasteiger partial charge on any atom is -0.464 e. The summed E-state index contributed by atoms with van der Waals surface area (Å²) in [6.45, 7) is 11.8. The fourth-order valence-electron chi connectivity index (χ4n) is 2.82. The molecule has 1 heterocycles. The topological polar surface area (TPSA) is 151 Å². The van der Waals surface area contributed by atoms with Gasteiger partial charge >= 0.3 is 27.6 Å². The lowest BCUT2D eigenvalue weighted by Crippen LogP contribution is -2.44. The van der Waals surface area contributed by atoms with E-state index in [0.29, 0.717) is 12.8 Å². The number of rotatable bonds is 12. The van der Waals surface area contributed by atoms with E-state index in [1.807, 2.05) is 0 Å². The molecule has 0 bridgehead atoms. The van der Waals surface area contributed by atoms with E-state index in [0.717, 1.165) is 0 Å². The van der Waals surface area contributed by atoms with Gasteiger partial charge in [-0.2, -0.15) is 4.31 Å². The first-order valence-corrected chi connectivity index (χ1v) is 14.1. The summed E-state index contributed by atoms with van der Waals surface area (Å²) in [4.78, 5) is 24.4. The van der Waals surface area contributed by atoms with E-state index in [1.165, 1.54) is 11.6 Å². The van der Waals surface area contributed by atoms with Crippen LogP contribution in [0.3, 0.4) is 0 Å². The molecule has 34 heavy (non-hydrogen) atoms. The van der Waals surface area contributed by atoms with Crippen molar-refractivity contribution >= 4 is 33.5 Å². The van der Waals surface area contributed by atoms with Crippen molar-refractivity contribution in [3.8, 4) is 0 Å². The second-order valence-corrected chi connectivity index (χ2v) is 11.8. The number of alkyl carbamates (subject to hydrolysis) is 1. The van der Waals surface area contributed by atoms with Gasteiger partial charge in [-0.15, -0.1) is 0 Å². The molecule has 0 spiro atoms. The molecule has 0 aromatic carbocycles. The molecule has 1 aliphatic rings. The maximum absolute atomic E-state index is 13.4. The quantitative estimate of drug-likeness (QED) is 0.215. The Kier molecular flexibility index (Phi) is 12.0. The first kappa shape index (κ1) is 30.4. The van der Waals surface area contributed by atoms with Crippen LogP contribution in [0.15, 0.2) is 5.16 Å². The Morgan fingerprint density at radius 1 is 1.09 bits per heavy atom. The van der Waals surface area contributed by atoms with E-state index in [4.69, 9.17) is 27.5 Å². The highest BCUT2D eigenvalue weighted by Crippen LogP contribution is 2.68. The number of oxime groups is 1. The van der Waals surface area contributed by atoms with Crippen LogP contribution in [-0.2, 0) is 41.4 Å². The maximum atomic E-state index is 13.4. The molecule has 13 nitrogen and oxygen atoms in total. The van der Waals surface area contributed by atoms with Crippen LogP contribution in [0.1, 0.15) is 67.7 Å². The van der Waals surface area contributed by atoms with Crippen molar-refractivity contribution < 1.29 is 46.2 Å². The van der Waals surface area contributed by atoms with Crippen LogP contribution in [0.2, 0.25) is 0 Å². The largest absolute Gasteiger partial charge is 0.559 e. The number of amides is 1. The number of nitrogens with one attached hydrogen (secondary N) is 1. The third kappa shape index (κ3) is 9.92. The van der Waals surface area contributed by atoms with Gasteiger partial charge < -0.3 is 14.8 Å². The summed E-state index contributed by atoms with van der Waals surface area (Å²) in [6, 6.07) is -0.926. The van der Waals surface area contributed by atoms with Crippen molar-refractivity contribution in [2.75, 3.05) is 26.4 Å². The van der Waals surface area contributed by atoms with E-state index in [1.54, 1.807) is 41.5 Å². The Hall–Kier alpha value is -1.65. The monoisotopic (exact) mass is 529 g/mol. The smallest absolute Gasteiger partial charge is 0.464 e. The van der Waals surface area contributed by atoms with Gasteiger partial charge in [0.1, 0.15) is 11.6 Å². The number of hydrogen-bond donors (Lipinski definition) is 1. The van der Waals surface area contributed by atoms with Crippen LogP contribution in [0, 0.1) is 0 Å². The zero-order chi connectivity index (χ0) is 26.0. The highest BCUT2D eigenvalue weighted by Gasteiger charge is 2.47. The average molecular weight is 529 g/mol. The first-order chi connectivity index (χ1) is 15.8. The predicted molar refractivity (Wildman–Crippen MR) is 124 cm³/mol. The summed E-state index contributed by atoms with van der Waals surface area (Å²) in [5.41, 5.74) is -0.726. The molecule has 1 amide bonds. The molecule has 3 unspecified atom stereocenters. The number of ether oxygens (including phenoxy) is 2. The minimum absolute atomic E-state index is 0.0118. The molecule has 0 aromatic rings. The summed E-state index contributed by atoms with van der Waals surface area (Å²) in [5, 5.41) is 6.25. The van der Waals surface area contributed by atoms with Crippen LogP contribution in [0.25, 0.3) is 0 Å². The van der Waals surface area contributed by atoms with Crippen molar-refractivity contribution in [1.82, 2.24) is 9.99 Å². The van der Waals surface area contributed by atoms with E-state index in [-0.39, 0.29) is 38.6 Å². The molecule has 0 fully saturated rings. The van der Waals surface area contributed by atoms with Gasteiger partial charge in [0.25, 0.3) is 0 Å². The van der Waals surface area contributed by atoms with Crippen LogP contribution >= 0.6 is 15.6 Å². The number of carbonyl (C=O) groups excluding carboxylic acids is 2. The number of nitrogens with zero attached hydrogens (tertiary/aromatic N) is 2. The van der Waals surface area contributed by atoms with Crippen molar-refractivity contribution in [1.29, 1.82) is 0 Å². The fraction of sp³-hybridized carbons (Fsp3) is 0.842. The zero-order valence-corrected chi connectivity index (χ0v) is 22.7. The van der Waals surface area contributed by atoms with Crippen molar-refractivity contribution in [2.45, 2.75) is 79.4 Å². The third-order valence-electron chi connectivity index (χ3n) is 4.10. The fourth-order valence-corrected chi connectivity index (χ4v) is 6.50. The predicted octanol–water partition coefficient (Wildman–Crippen LogP) is 4.58. The molecule has 1 N–H and O–H groups in total. The Labute approximate surface area is 201 Å². The van der Waals surface area contributed by atoms with Crippen LogP contribution in [0.4, 0.5) is 4.79 Å². The van der Waals surface area contributed by atoms with Gasteiger partial charge in [0.2, 0.25) is 0 Å². The summed E-state index contributed by atoms with van der Waals surface area (Å²) in [7, 11) is -8.34. The summed E-state index contributed by atoms with van der Waals surface area (Å²) >= 11 is 0. The third-order valence-corrected chi connectivity index (χ3v) is 8.25. The number of carbonyl (C=O) groups is 2. The highest BCUT2D eigenvalue weighted by atomic mass is 31.3. The lowest BCUT2D eigenvalue weighted by molar-refractivity contribution is -0.145. The number of unbranched alkanes of at least 4 members (excludes halogenated alkanes) is 1. The molecule has 0 radical (unpaired) electrons. The molecule has 1 aliphatic heterocycles. The standard InChI is InChI=1S/C19H37N3O10P2/c1-8-27-17(23)16(20-18(24)30-19(5,6)7)13-11-12-14-22-15(4)21-31-34(26,29-10-3)32-33(22,25)28-9-2/h16H,8-14H2,1-7H3,(H,20,24). The number of esters is 1. The van der Waals surface area contributed by atoms with E-state index >= 15 is 0 Å². The van der Waals surface area contributed by atoms with Gasteiger partial charge in [0.05, 0.1) is 19.8 Å². The molecular formula is C19H37N3O10P2. The lowest BCUT2D eigenvalue weighted by Gasteiger charge is -2.29. The molecule has 0 aromatic heterocycles. The molecule has 0 aliphatic carbocycles. The summed E-state index contributed by atoms with van der Waals surface area (Å²) in [5.74, 6) is -0.460. The zero-order valence-electron chi connectivity index (χ0n) is 20.9. The Balaban J connectivity index is 2.85. The van der Waals surface area contributed by atoms with Crippen LogP contribution in [0.5, 0.6) is 0 Å². The Morgan fingerprint density at radius 3 is 2.29 bits per heavy atom. The van der Waals surface area contributed by atoms with Crippen molar-refractivity contribution in [3.05, 3.63) is 0 Å². The second-order valence-electron chi connectivity index (χ2n) is 8.12. The van der Waals surface area contributed by atoms with E-state index < -0.39 is 39.3 Å². The SMILES string of the molecule is CCOC(=O)C(CCCCN1C(C)=NOP(=O)(OCC)OP1(=O)OCC)NC(=O)OC(C)(C)C. The second kappa shape index (κ2) is 13.4. The van der Waals surface area contributed by atoms with Gasteiger partial charge in [-0.25, -0.2) is 18.7 Å². The highest BCUT2D eigenvalue weighted by molar-refractivity contribution is 7.64. The Bertz CT molecular complexity index is 815. The van der Waals surface area contributed by atoms with Crippen molar-refractivity contribution in [2.24, 2.45) is 5.16 Å². The number of hydrogen-bond acceptors (Lipinski definition) is 11. The summed E-state index contributed by atoms with van der Waals surface area (Å²) in [6.07, 6.45) is 0.298. The van der Waals surface area contributed by atoms with Gasteiger partial charge in [0, 0.05) is 6.54 Å². The molecule has 198 valence electrons. The molecule has 15 heteroatoms. The van der Waals surface area contributed by atoms with Gasteiger partial charge in [-0.3, -0.25) is 18.3 Å². The summed E-state index contributed by atoms with van der Waals surface area (Å²) < 4.78 is 57.9. The average Bonchev–Trinajstić information content (AvgIpc) is 2.78. The molecule has 3 atom stereocenters. The van der Waals surface area contributed by atoms with Gasteiger partial charge in [-0.1, -0.05) is 5.16 Å². The molecule has 0 saturated carbocycles. The number of amidine groups is 1. The number of phosphoric acid groups is 1. The normalized spacial score (nSPS) is 23.9. The van der Waals surface area contributed by atoms with Crippen LogP contribution < -0.4 is 5.32 Å². The van der Waals surface area contributed by atoms with E-state index in [9.17, 15) is 18.7 Å². The van der Waals surface area contributed by atoms with Gasteiger partial charge in [-0.05, 0) is 67.7 Å². The van der Waals surface area contributed by atoms with Crippen LogP contribution in [-0.4, -0.2) is 60.6 Å². The minimum atomic E-state index is -4.23. The molecular weight excluding hydrogens is 492 g/mol. The van der Waals surface area contributed by atoms with E-state index in [2.05, 4.69) is 10.5 Å². The van der Waals surface area contributed by atoms with Gasteiger partial charge in [0.15, 0.2) is 5.84 Å². The Morgan fingerprint density at radius 2 is 1.74 bits per heavy atom. The lowest BCUT2D eigenvalue weighted by atomic mass is 10.1. The first-order valence-electron chi connectivity index (χ1n) is 11.2.